The Morgan fingerprint density at radius 1 is 1.00 bits per heavy atom. The fraction of sp³-hybridized carbons (Fsp3) is 1.00. The quantitative estimate of drug-likeness (QED) is 0.742. The minimum absolute atomic E-state index is 0.387. The first-order valence-electron chi connectivity index (χ1n) is 6.16. The van der Waals surface area contributed by atoms with Gasteiger partial charge in [-0.3, -0.25) is 0 Å². The van der Waals surface area contributed by atoms with E-state index in [1.807, 2.05) is 0 Å². The first-order valence-corrected chi connectivity index (χ1v) is 7.77. The Bertz CT molecular complexity index is 288. The third-order valence-electron chi connectivity index (χ3n) is 3.72. The van der Waals surface area contributed by atoms with Crippen molar-refractivity contribution in [2.24, 2.45) is 5.92 Å². The standard InChI is InChI=1S/C11H21NO2S/c13-15(14,12-8-3-4-9-12)10-7-11-5-1-2-6-11/h11H,1-10H2. The minimum atomic E-state index is -2.91. The van der Waals surface area contributed by atoms with Gasteiger partial charge in [0.15, 0.2) is 0 Å². The van der Waals surface area contributed by atoms with Crippen molar-refractivity contribution >= 4 is 10.0 Å². The highest BCUT2D eigenvalue weighted by Crippen LogP contribution is 2.28. The van der Waals surface area contributed by atoms with Crippen LogP contribution in [0.5, 0.6) is 0 Å². The molecule has 0 radical (unpaired) electrons. The molecule has 1 aliphatic heterocycles. The Kier molecular flexibility index (Phi) is 3.67. The summed E-state index contributed by atoms with van der Waals surface area (Å²) in [6.45, 7) is 1.51. The van der Waals surface area contributed by atoms with Gasteiger partial charge in [-0.05, 0) is 25.2 Å². The topological polar surface area (TPSA) is 37.4 Å². The molecule has 0 atom stereocenters. The van der Waals surface area contributed by atoms with E-state index in [-0.39, 0.29) is 0 Å². The molecule has 0 aromatic carbocycles. The molecule has 0 aromatic heterocycles. The lowest BCUT2D eigenvalue weighted by molar-refractivity contribution is 0.462. The van der Waals surface area contributed by atoms with Crippen LogP contribution < -0.4 is 0 Å². The van der Waals surface area contributed by atoms with Gasteiger partial charge < -0.3 is 0 Å². The van der Waals surface area contributed by atoms with Crippen molar-refractivity contribution in [1.82, 2.24) is 4.31 Å². The van der Waals surface area contributed by atoms with E-state index in [9.17, 15) is 8.42 Å². The molecule has 15 heavy (non-hydrogen) atoms. The Hall–Kier alpha value is -0.0900. The second-order valence-corrected chi connectivity index (χ2v) is 6.95. The zero-order valence-corrected chi connectivity index (χ0v) is 10.1. The van der Waals surface area contributed by atoms with Crippen molar-refractivity contribution in [3.8, 4) is 0 Å². The first-order chi connectivity index (χ1) is 7.18. The fourth-order valence-corrected chi connectivity index (χ4v) is 4.41. The Balaban J connectivity index is 1.81. The molecule has 0 N–H and O–H groups in total. The second kappa shape index (κ2) is 4.83. The van der Waals surface area contributed by atoms with Crippen LogP contribution in [0.3, 0.4) is 0 Å². The lowest BCUT2D eigenvalue weighted by Gasteiger charge is -2.16. The Morgan fingerprint density at radius 3 is 2.20 bits per heavy atom. The molecule has 2 aliphatic rings. The van der Waals surface area contributed by atoms with E-state index >= 15 is 0 Å². The molecule has 4 heteroatoms. The minimum Gasteiger partial charge on any atom is -0.212 e. The maximum atomic E-state index is 11.9. The van der Waals surface area contributed by atoms with E-state index in [1.165, 1.54) is 25.7 Å². The molecular weight excluding hydrogens is 210 g/mol. The van der Waals surface area contributed by atoms with E-state index in [4.69, 9.17) is 0 Å². The summed E-state index contributed by atoms with van der Waals surface area (Å²) in [5, 5.41) is 0. The number of nitrogens with zero attached hydrogens (tertiary/aromatic N) is 1. The normalized spacial score (nSPS) is 25.1. The number of sulfonamides is 1. The van der Waals surface area contributed by atoms with Crippen LogP contribution >= 0.6 is 0 Å². The zero-order valence-electron chi connectivity index (χ0n) is 9.32. The van der Waals surface area contributed by atoms with Gasteiger partial charge in [-0.1, -0.05) is 25.7 Å². The summed E-state index contributed by atoms with van der Waals surface area (Å²) in [6.07, 6.45) is 8.07. The highest BCUT2D eigenvalue weighted by atomic mass is 32.2. The maximum Gasteiger partial charge on any atom is 0.214 e. The van der Waals surface area contributed by atoms with Crippen LogP contribution in [0.25, 0.3) is 0 Å². The van der Waals surface area contributed by atoms with E-state index in [0.717, 1.165) is 32.4 Å². The van der Waals surface area contributed by atoms with Crippen molar-refractivity contribution in [2.45, 2.75) is 44.9 Å². The SMILES string of the molecule is O=S(=O)(CCC1CCCC1)N1CCCC1. The summed E-state index contributed by atoms with van der Waals surface area (Å²) < 4.78 is 25.5. The second-order valence-electron chi connectivity index (χ2n) is 4.86. The molecule has 1 aliphatic carbocycles. The van der Waals surface area contributed by atoms with Crippen molar-refractivity contribution in [2.75, 3.05) is 18.8 Å². The molecule has 0 bridgehead atoms. The molecule has 0 amide bonds. The monoisotopic (exact) mass is 231 g/mol. The van der Waals surface area contributed by atoms with E-state index in [2.05, 4.69) is 0 Å². The van der Waals surface area contributed by atoms with Crippen molar-refractivity contribution in [3.05, 3.63) is 0 Å². The van der Waals surface area contributed by atoms with Crippen LogP contribution in [0.15, 0.2) is 0 Å². The average Bonchev–Trinajstić information content (AvgIpc) is 2.88. The molecule has 0 spiro atoms. The summed E-state index contributed by atoms with van der Waals surface area (Å²) in [4.78, 5) is 0. The van der Waals surface area contributed by atoms with Gasteiger partial charge in [0.25, 0.3) is 0 Å². The lowest BCUT2D eigenvalue weighted by Crippen LogP contribution is -2.30. The Morgan fingerprint density at radius 2 is 1.60 bits per heavy atom. The van der Waals surface area contributed by atoms with Gasteiger partial charge in [0, 0.05) is 13.1 Å². The van der Waals surface area contributed by atoms with Gasteiger partial charge in [0.2, 0.25) is 10.0 Å². The van der Waals surface area contributed by atoms with Gasteiger partial charge in [-0.2, -0.15) is 0 Å². The maximum absolute atomic E-state index is 11.9. The predicted molar refractivity (Wildman–Crippen MR) is 61.2 cm³/mol. The van der Waals surface area contributed by atoms with Crippen molar-refractivity contribution in [1.29, 1.82) is 0 Å². The van der Waals surface area contributed by atoms with Crippen LogP contribution in [0.2, 0.25) is 0 Å². The van der Waals surface area contributed by atoms with E-state index < -0.39 is 10.0 Å². The number of hydrogen-bond donors (Lipinski definition) is 0. The van der Waals surface area contributed by atoms with Gasteiger partial charge in [-0.25, -0.2) is 12.7 Å². The largest absolute Gasteiger partial charge is 0.214 e. The molecule has 1 heterocycles. The van der Waals surface area contributed by atoms with Crippen LogP contribution in [0, 0.1) is 5.92 Å². The van der Waals surface area contributed by atoms with Crippen LogP contribution in [-0.2, 0) is 10.0 Å². The molecule has 0 aromatic rings. The molecule has 2 fully saturated rings. The fourth-order valence-electron chi connectivity index (χ4n) is 2.71. The summed E-state index contributed by atoms with van der Waals surface area (Å²) in [5.74, 6) is 1.07. The zero-order chi connectivity index (χ0) is 10.7. The summed E-state index contributed by atoms with van der Waals surface area (Å²) in [5.41, 5.74) is 0. The summed E-state index contributed by atoms with van der Waals surface area (Å²) in [7, 11) is -2.91. The highest BCUT2D eigenvalue weighted by molar-refractivity contribution is 7.89. The van der Waals surface area contributed by atoms with Gasteiger partial charge in [-0.15, -0.1) is 0 Å². The van der Waals surface area contributed by atoms with E-state index in [0.29, 0.717) is 11.7 Å². The molecule has 1 saturated carbocycles. The summed E-state index contributed by atoms with van der Waals surface area (Å²) >= 11 is 0. The smallest absolute Gasteiger partial charge is 0.212 e. The number of hydrogen-bond acceptors (Lipinski definition) is 2. The van der Waals surface area contributed by atoms with Gasteiger partial charge >= 0.3 is 0 Å². The van der Waals surface area contributed by atoms with Gasteiger partial charge in [0.1, 0.15) is 0 Å². The van der Waals surface area contributed by atoms with E-state index in [1.54, 1.807) is 4.31 Å². The van der Waals surface area contributed by atoms with Crippen LogP contribution in [-0.4, -0.2) is 31.6 Å². The average molecular weight is 231 g/mol. The first kappa shape index (κ1) is 11.4. The number of rotatable bonds is 4. The van der Waals surface area contributed by atoms with Crippen molar-refractivity contribution < 1.29 is 8.42 Å². The molecule has 1 saturated heterocycles. The molecule has 88 valence electrons. The summed E-state index contributed by atoms with van der Waals surface area (Å²) in [6, 6.07) is 0. The third kappa shape index (κ3) is 2.94. The predicted octanol–water partition coefficient (Wildman–Crippen LogP) is 1.99. The molecular formula is C11H21NO2S. The molecule has 3 nitrogen and oxygen atoms in total. The molecule has 0 unspecified atom stereocenters. The Labute approximate surface area is 92.9 Å². The van der Waals surface area contributed by atoms with Crippen LogP contribution in [0.1, 0.15) is 44.9 Å². The molecule has 2 rings (SSSR count). The highest BCUT2D eigenvalue weighted by Gasteiger charge is 2.26. The lowest BCUT2D eigenvalue weighted by atomic mass is 10.1. The third-order valence-corrected chi connectivity index (χ3v) is 5.62. The van der Waals surface area contributed by atoms with Gasteiger partial charge in [0.05, 0.1) is 5.75 Å². The van der Waals surface area contributed by atoms with Crippen LogP contribution in [0.4, 0.5) is 0 Å². The van der Waals surface area contributed by atoms with Crippen molar-refractivity contribution in [3.63, 3.8) is 0 Å².